The summed E-state index contributed by atoms with van der Waals surface area (Å²) in [4.78, 5) is 20.5. The van der Waals surface area contributed by atoms with Crippen LogP contribution in [-0.4, -0.2) is 22.7 Å². The third-order valence-electron chi connectivity index (χ3n) is 3.48. The van der Waals surface area contributed by atoms with Gasteiger partial charge in [-0.3, -0.25) is 25.7 Å². The molecule has 130 valence electrons. The van der Waals surface area contributed by atoms with Crippen LogP contribution >= 0.6 is 0 Å². The van der Waals surface area contributed by atoms with E-state index in [9.17, 15) is 20.2 Å². The van der Waals surface area contributed by atoms with E-state index in [2.05, 4.69) is 10.5 Å². The van der Waals surface area contributed by atoms with Crippen molar-refractivity contribution in [2.75, 3.05) is 12.5 Å². The Morgan fingerprint density at radius 1 is 1.12 bits per heavy atom. The molecule has 0 atom stereocenters. The van der Waals surface area contributed by atoms with E-state index in [1.54, 1.807) is 13.0 Å². The van der Waals surface area contributed by atoms with Crippen molar-refractivity contribution in [3.8, 4) is 5.75 Å². The van der Waals surface area contributed by atoms with Gasteiger partial charge in [-0.05, 0) is 32.0 Å². The maximum Gasteiger partial charge on any atom is 0.301 e. The molecule has 1 N–H and O–H groups in total. The Bertz CT molecular complexity index is 864. The summed E-state index contributed by atoms with van der Waals surface area (Å²) >= 11 is 0. The molecular formula is C16H16N4O5. The zero-order chi connectivity index (χ0) is 18.6. The van der Waals surface area contributed by atoms with E-state index < -0.39 is 15.5 Å². The molecule has 0 unspecified atom stereocenters. The first-order valence-electron chi connectivity index (χ1n) is 7.21. The molecule has 0 saturated heterocycles. The molecule has 0 amide bonds. The average Bonchev–Trinajstić information content (AvgIpc) is 2.59. The molecule has 0 aliphatic carbocycles. The minimum atomic E-state index is -0.701. The number of methoxy groups -OCH3 is 1. The van der Waals surface area contributed by atoms with Crippen molar-refractivity contribution in [1.29, 1.82) is 0 Å². The number of nitro benzene ring substituents is 2. The second-order valence-corrected chi connectivity index (χ2v) is 5.23. The van der Waals surface area contributed by atoms with E-state index in [1.807, 2.05) is 19.1 Å². The Balaban J connectivity index is 2.37. The number of ether oxygens (including phenoxy) is 1. The predicted molar refractivity (Wildman–Crippen MR) is 93.3 cm³/mol. The van der Waals surface area contributed by atoms with Gasteiger partial charge in [0.25, 0.3) is 5.69 Å². The summed E-state index contributed by atoms with van der Waals surface area (Å²) in [6.45, 7) is 3.65. The summed E-state index contributed by atoms with van der Waals surface area (Å²) in [5.41, 5.74) is 4.15. The van der Waals surface area contributed by atoms with Gasteiger partial charge in [-0.1, -0.05) is 11.6 Å². The summed E-state index contributed by atoms with van der Waals surface area (Å²) in [7, 11) is 1.54. The van der Waals surface area contributed by atoms with Gasteiger partial charge in [-0.25, -0.2) is 0 Å². The monoisotopic (exact) mass is 344 g/mol. The molecule has 0 aliphatic heterocycles. The standard InChI is InChI=1S/C16H16N4O5/c1-10-4-7-16(25-3)13(8-10)11(2)17-18-14-6-5-12(19(21)22)9-15(14)20(23)24/h4-9,18H,1-3H3/b17-11-. The Labute approximate surface area is 143 Å². The number of hydrogen-bond acceptors (Lipinski definition) is 7. The van der Waals surface area contributed by atoms with Gasteiger partial charge in [0, 0.05) is 11.6 Å². The third kappa shape index (κ3) is 4.08. The van der Waals surface area contributed by atoms with E-state index in [4.69, 9.17) is 4.74 Å². The number of non-ortho nitro benzene ring substituents is 1. The van der Waals surface area contributed by atoms with Crippen LogP contribution in [0.25, 0.3) is 0 Å². The number of nitro groups is 2. The van der Waals surface area contributed by atoms with Crippen LogP contribution in [0.1, 0.15) is 18.1 Å². The van der Waals surface area contributed by atoms with Crippen molar-refractivity contribution in [1.82, 2.24) is 0 Å². The molecule has 0 aliphatic rings. The molecule has 25 heavy (non-hydrogen) atoms. The van der Waals surface area contributed by atoms with Gasteiger partial charge < -0.3 is 4.74 Å². The minimum Gasteiger partial charge on any atom is -0.496 e. The second kappa shape index (κ2) is 7.39. The van der Waals surface area contributed by atoms with E-state index in [0.717, 1.165) is 17.2 Å². The number of nitrogens with one attached hydrogen (secondary N) is 1. The lowest BCUT2D eigenvalue weighted by Crippen LogP contribution is -2.04. The maximum absolute atomic E-state index is 11.1. The van der Waals surface area contributed by atoms with Gasteiger partial charge in [0.2, 0.25) is 0 Å². The number of benzene rings is 2. The zero-order valence-corrected chi connectivity index (χ0v) is 13.8. The third-order valence-corrected chi connectivity index (χ3v) is 3.48. The molecule has 2 aromatic carbocycles. The van der Waals surface area contributed by atoms with Crippen molar-refractivity contribution in [2.45, 2.75) is 13.8 Å². The van der Waals surface area contributed by atoms with Crippen LogP contribution in [0.5, 0.6) is 5.75 Å². The van der Waals surface area contributed by atoms with E-state index >= 15 is 0 Å². The first-order chi connectivity index (χ1) is 11.8. The number of nitrogens with zero attached hydrogens (tertiary/aromatic N) is 3. The molecule has 0 heterocycles. The lowest BCUT2D eigenvalue weighted by Gasteiger charge is -2.10. The Kier molecular flexibility index (Phi) is 5.28. The second-order valence-electron chi connectivity index (χ2n) is 5.23. The molecule has 0 saturated carbocycles. The van der Waals surface area contributed by atoms with Crippen LogP contribution < -0.4 is 10.2 Å². The number of rotatable bonds is 6. The SMILES string of the molecule is COc1ccc(C)cc1/C(C)=N\Nc1ccc([N+](=O)[O-])cc1[N+](=O)[O-]. The van der Waals surface area contributed by atoms with Crippen molar-refractivity contribution < 1.29 is 14.6 Å². The molecule has 0 aromatic heterocycles. The molecule has 9 heteroatoms. The quantitative estimate of drug-likeness (QED) is 0.485. The lowest BCUT2D eigenvalue weighted by molar-refractivity contribution is -0.393. The van der Waals surface area contributed by atoms with Crippen LogP contribution in [0.3, 0.4) is 0 Å². The van der Waals surface area contributed by atoms with Crippen molar-refractivity contribution in [2.24, 2.45) is 5.10 Å². The molecule has 0 fully saturated rings. The van der Waals surface area contributed by atoms with Crippen molar-refractivity contribution >= 4 is 22.8 Å². The Hall–Kier alpha value is -3.49. The highest BCUT2D eigenvalue weighted by Gasteiger charge is 2.19. The van der Waals surface area contributed by atoms with E-state index in [-0.39, 0.29) is 11.4 Å². The highest BCUT2D eigenvalue weighted by atomic mass is 16.6. The number of anilines is 1. The topological polar surface area (TPSA) is 120 Å². The van der Waals surface area contributed by atoms with Crippen molar-refractivity contribution in [3.63, 3.8) is 0 Å². The summed E-state index contributed by atoms with van der Waals surface area (Å²) in [5.74, 6) is 0.617. The van der Waals surface area contributed by atoms with Gasteiger partial charge in [-0.15, -0.1) is 0 Å². The highest BCUT2D eigenvalue weighted by molar-refractivity contribution is 6.01. The molecule has 0 bridgehead atoms. The fourth-order valence-corrected chi connectivity index (χ4v) is 2.19. The largest absolute Gasteiger partial charge is 0.496 e. The smallest absolute Gasteiger partial charge is 0.301 e. The Morgan fingerprint density at radius 3 is 2.44 bits per heavy atom. The van der Waals surface area contributed by atoms with Crippen molar-refractivity contribution in [3.05, 3.63) is 67.8 Å². The number of hydrogen-bond donors (Lipinski definition) is 1. The van der Waals surface area contributed by atoms with Crippen LogP contribution in [0.4, 0.5) is 17.1 Å². The van der Waals surface area contributed by atoms with Crippen LogP contribution in [0.2, 0.25) is 0 Å². The van der Waals surface area contributed by atoms with Gasteiger partial charge in [0.1, 0.15) is 11.4 Å². The molecule has 0 radical (unpaired) electrons. The summed E-state index contributed by atoms with van der Waals surface area (Å²) in [5, 5.41) is 26.0. The van der Waals surface area contributed by atoms with Gasteiger partial charge in [0.15, 0.2) is 0 Å². The van der Waals surface area contributed by atoms with E-state index in [0.29, 0.717) is 11.5 Å². The summed E-state index contributed by atoms with van der Waals surface area (Å²) < 4.78 is 5.29. The van der Waals surface area contributed by atoms with Crippen LogP contribution in [0.15, 0.2) is 41.5 Å². The fraction of sp³-hybridized carbons (Fsp3) is 0.188. The Morgan fingerprint density at radius 2 is 1.84 bits per heavy atom. The number of aryl methyl sites for hydroxylation is 1. The normalized spacial score (nSPS) is 11.1. The molecule has 0 spiro atoms. The fourth-order valence-electron chi connectivity index (χ4n) is 2.19. The first-order valence-corrected chi connectivity index (χ1v) is 7.21. The van der Waals surface area contributed by atoms with Gasteiger partial charge >= 0.3 is 5.69 Å². The van der Waals surface area contributed by atoms with E-state index in [1.165, 1.54) is 19.2 Å². The zero-order valence-electron chi connectivity index (χ0n) is 13.8. The van der Waals surface area contributed by atoms with Crippen LogP contribution in [0, 0.1) is 27.2 Å². The van der Waals surface area contributed by atoms with Gasteiger partial charge in [-0.2, -0.15) is 5.10 Å². The maximum atomic E-state index is 11.1. The highest BCUT2D eigenvalue weighted by Crippen LogP contribution is 2.29. The minimum absolute atomic E-state index is 0.0570. The molecular weight excluding hydrogens is 328 g/mol. The predicted octanol–water partition coefficient (Wildman–Crippen LogP) is 3.66. The molecule has 2 rings (SSSR count). The van der Waals surface area contributed by atoms with Crippen LogP contribution in [-0.2, 0) is 0 Å². The number of hydrazone groups is 1. The first kappa shape index (κ1) is 17.9. The summed E-state index contributed by atoms with van der Waals surface area (Å²) in [6.07, 6.45) is 0. The summed E-state index contributed by atoms with van der Waals surface area (Å²) in [6, 6.07) is 8.89. The lowest BCUT2D eigenvalue weighted by atomic mass is 10.1. The average molecular weight is 344 g/mol. The molecule has 2 aromatic rings. The molecule has 9 nitrogen and oxygen atoms in total. The van der Waals surface area contributed by atoms with Gasteiger partial charge in [0.05, 0.1) is 28.7 Å².